The Labute approximate surface area is 147 Å². The lowest BCUT2D eigenvalue weighted by Gasteiger charge is -2.38. The van der Waals surface area contributed by atoms with Crippen LogP contribution in [-0.2, 0) is 4.79 Å². The van der Waals surface area contributed by atoms with Gasteiger partial charge >= 0.3 is 0 Å². The first-order valence-electron chi connectivity index (χ1n) is 8.23. The standard InChI is InChI=1S/C19H22ClN3O/c1-13-9-14(2)19(16(20)10-13)22-18(24)6-8-23-11-15(12-23)17-5-3-4-7-21-17/h3-5,7,9-10,15H,6,8,11-12H2,1-2H3,(H,22,24). The topological polar surface area (TPSA) is 45.2 Å². The first kappa shape index (κ1) is 16.9. The van der Waals surface area contributed by atoms with Crippen molar-refractivity contribution < 1.29 is 4.79 Å². The minimum atomic E-state index is 0.00476. The summed E-state index contributed by atoms with van der Waals surface area (Å²) in [6, 6.07) is 9.91. The van der Waals surface area contributed by atoms with Crippen molar-refractivity contribution in [1.82, 2.24) is 9.88 Å². The molecule has 0 aliphatic carbocycles. The van der Waals surface area contributed by atoms with Crippen molar-refractivity contribution in [2.24, 2.45) is 0 Å². The predicted molar refractivity (Wildman–Crippen MR) is 97.6 cm³/mol. The number of nitrogens with one attached hydrogen (secondary N) is 1. The van der Waals surface area contributed by atoms with E-state index in [1.807, 2.05) is 44.3 Å². The molecule has 1 saturated heterocycles. The van der Waals surface area contributed by atoms with E-state index in [0.29, 0.717) is 17.4 Å². The highest BCUT2D eigenvalue weighted by molar-refractivity contribution is 6.34. The zero-order valence-electron chi connectivity index (χ0n) is 14.1. The van der Waals surface area contributed by atoms with Gasteiger partial charge in [-0.2, -0.15) is 0 Å². The Hall–Kier alpha value is -1.91. The maximum absolute atomic E-state index is 12.2. The van der Waals surface area contributed by atoms with E-state index in [2.05, 4.69) is 21.3 Å². The summed E-state index contributed by atoms with van der Waals surface area (Å²) in [5.41, 5.74) is 3.95. The molecule has 0 bridgehead atoms. The minimum Gasteiger partial charge on any atom is -0.325 e. The highest BCUT2D eigenvalue weighted by atomic mass is 35.5. The van der Waals surface area contributed by atoms with Crippen LogP contribution < -0.4 is 5.32 Å². The number of aromatic nitrogens is 1. The second-order valence-corrected chi connectivity index (χ2v) is 6.86. The first-order valence-corrected chi connectivity index (χ1v) is 8.60. The number of nitrogens with zero attached hydrogens (tertiary/aromatic N) is 2. The molecule has 0 saturated carbocycles. The maximum atomic E-state index is 12.2. The summed E-state index contributed by atoms with van der Waals surface area (Å²) in [6.45, 7) is 6.65. The molecule has 0 spiro atoms. The van der Waals surface area contributed by atoms with Crippen molar-refractivity contribution in [3.05, 3.63) is 58.4 Å². The summed E-state index contributed by atoms with van der Waals surface area (Å²) < 4.78 is 0. The quantitative estimate of drug-likeness (QED) is 0.898. The Morgan fingerprint density at radius 1 is 1.33 bits per heavy atom. The summed E-state index contributed by atoms with van der Waals surface area (Å²) in [4.78, 5) is 18.9. The van der Waals surface area contributed by atoms with Gasteiger partial charge in [0.15, 0.2) is 0 Å². The molecule has 1 aromatic heterocycles. The lowest BCUT2D eigenvalue weighted by molar-refractivity contribution is -0.116. The van der Waals surface area contributed by atoms with E-state index in [1.54, 1.807) is 0 Å². The van der Waals surface area contributed by atoms with Gasteiger partial charge in [0, 0.05) is 43.9 Å². The Bertz CT molecular complexity index is 704. The number of amides is 1. The average Bonchev–Trinajstić information content (AvgIpc) is 2.50. The number of aryl methyl sites for hydroxylation is 2. The van der Waals surface area contributed by atoms with E-state index in [0.717, 1.165) is 42.1 Å². The zero-order valence-corrected chi connectivity index (χ0v) is 14.8. The summed E-state index contributed by atoms with van der Waals surface area (Å²) >= 11 is 6.23. The van der Waals surface area contributed by atoms with Crippen LogP contribution in [0.2, 0.25) is 5.02 Å². The second-order valence-electron chi connectivity index (χ2n) is 6.45. The number of carbonyl (C=O) groups excluding carboxylic acids is 1. The summed E-state index contributed by atoms with van der Waals surface area (Å²) in [5, 5.41) is 3.54. The normalized spacial score (nSPS) is 15.1. The number of anilines is 1. The third kappa shape index (κ3) is 3.94. The molecule has 1 aromatic carbocycles. The fourth-order valence-corrected chi connectivity index (χ4v) is 3.46. The van der Waals surface area contributed by atoms with Crippen LogP contribution in [-0.4, -0.2) is 35.4 Å². The first-order chi connectivity index (χ1) is 11.5. The molecule has 1 aliphatic rings. The SMILES string of the molecule is Cc1cc(C)c(NC(=O)CCN2CC(c3ccccn3)C2)c(Cl)c1. The molecule has 0 unspecified atom stereocenters. The van der Waals surface area contributed by atoms with Gasteiger partial charge in [0.2, 0.25) is 5.91 Å². The fourth-order valence-electron chi connectivity index (χ4n) is 3.09. The average molecular weight is 344 g/mol. The highest BCUT2D eigenvalue weighted by Gasteiger charge is 2.28. The molecule has 1 amide bonds. The van der Waals surface area contributed by atoms with E-state index < -0.39 is 0 Å². The van der Waals surface area contributed by atoms with Crippen molar-refractivity contribution in [3.8, 4) is 0 Å². The number of rotatable bonds is 5. The van der Waals surface area contributed by atoms with E-state index in [-0.39, 0.29) is 5.91 Å². The lowest BCUT2D eigenvalue weighted by atomic mass is 9.95. The maximum Gasteiger partial charge on any atom is 0.225 e. The molecular formula is C19H22ClN3O. The third-order valence-electron chi connectivity index (χ3n) is 4.41. The molecule has 1 N–H and O–H groups in total. The van der Waals surface area contributed by atoms with Gasteiger partial charge in [-0.25, -0.2) is 0 Å². The van der Waals surface area contributed by atoms with Crippen molar-refractivity contribution in [2.45, 2.75) is 26.2 Å². The van der Waals surface area contributed by atoms with Crippen LogP contribution in [0.4, 0.5) is 5.69 Å². The molecule has 1 aliphatic heterocycles. The van der Waals surface area contributed by atoms with Gasteiger partial charge in [-0.05, 0) is 43.2 Å². The number of carbonyl (C=O) groups is 1. The van der Waals surface area contributed by atoms with Crippen LogP contribution in [0.3, 0.4) is 0 Å². The lowest BCUT2D eigenvalue weighted by Crippen LogP contribution is -2.46. The Kier molecular flexibility index (Phi) is 5.17. The largest absolute Gasteiger partial charge is 0.325 e. The fraction of sp³-hybridized carbons (Fsp3) is 0.368. The molecule has 5 heteroatoms. The third-order valence-corrected chi connectivity index (χ3v) is 4.71. The van der Waals surface area contributed by atoms with Gasteiger partial charge < -0.3 is 10.2 Å². The molecule has 4 nitrogen and oxygen atoms in total. The number of benzene rings is 1. The van der Waals surface area contributed by atoms with Crippen molar-refractivity contribution in [3.63, 3.8) is 0 Å². The van der Waals surface area contributed by atoms with Gasteiger partial charge in [0.25, 0.3) is 0 Å². The van der Waals surface area contributed by atoms with Crippen LogP contribution in [0.15, 0.2) is 36.5 Å². The van der Waals surface area contributed by atoms with E-state index >= 15 is 0 Å². The van der Waals surface area contributed by atoms with Gasteiger partial charge in [-0.15, -0.1) is 0 Å². The molecule has 126 valence electrons. The van der Waals surface area contributed by atoms with Crippen LogP contribution in [0.5, 0.6) is 0 Å². The van der Waals surface area contributed by atoms with E-state index in [4.69, 9.17) is 11.6 Å². The van der Waals surface area contributed by atoms with Gasteiger partial charge in [-0.1, -0.05) is 23.7 Å². The molecule has 2 heterocycles. The van der Waals surface area contributed by atoms with Crippen molar-refractivity contribution in [1.29, 1.82) is 0 Å². The van der Waals surface area contributed by atoms with Crippen LogP contribution in [0, 0.1) is 13.8 Å². The smallest absolute Gasteiger partial charge is 0.225 e. The van der Waals surface area contributed by atoms with Gasteiger partial charge in [0.05, 0.1) is 10.7 Å². The Balaban J connectivity index is 1.46. The zero-order chi connectivity index (χ0) is 17.1. The molecule has 1 fully saturated rings. The van der Waals surface area contributed by atoms with Crippen molar-refractivity contribution in [2.75, 3.05) is 25.0 Å². The van der Waals surface area contributed by atoms with Crippen molar-refractivity contribution >= 4 is 23.2 Å². The second kappa shape index (κ2) is 7.32. The Morgan fingerprint density at radius 3 is 2.79 bits per heavy atom. The summed E-state index contributed by atoms with van der Waals surface area (Å²) in [5.74, 6) is 0.494. The number of hydrogen-bond acceptors (Lipinski definition) is 3. The molecular weight excluding hydrogens is 322 g/mol. The molecule has 24 heavy (non-hydrogen) atoms. The highest BCUT2D eigenvalue weighted by Crippen LogP contribution is 2.28. The van der Waals surface area contributed by atoms with Crippen LogP contribution in [0.1, 0.15) is 29.2 Å². The minimum absolute atomic E-state index is 0.00476. The molecule has 0 radical (unpaired) electrons. The van der Waals surface area contributed by atoms with Crippen LogP contribution >= 0.6 is 11.6 Å². The van der Waals surface area contributed by atoms with Gasteiger partial charge in [-0.3, -0.25) is 9.78 Å². The Morgan fingerprint density at radius 2 is 2.12 bits per heavy atom. The molecule has 0 atom stereocenters. The summed E-state index contributed by atoms with van der Waals surface area (Å²) in [7, 11) is 0. The molecule has 2 aromatic rings. The van der Waals surface area contributed by atoms with E-state index in [1.165, 1.54) is 0 Å². The number of pyridine rings is 1. The predicted octanol–water partition coefficient (Wildman–Crippen LogP) is 3.78. The number of likely N-dealkylation sites (tertiary alicyclic amines) is 1. The number of hydrogen-bond donors (Lipinski definition) is 1. The number of halogens is 1. The summed E-state index contributed by atoms with van der Waals surface area (Å²) in [6.07, 6.45) is 2.30. The van der Waals surface area contributed by atoms with Gasteiger partial charge in [0.1, 0.15) is 0 Å². The molecule has 3 rings (SSSR count). The van der Waals surface area contributed by atoms with Crippen LogP contribution in [0.25, 0.3) is 0 Å². The monoisotopic (exact) mass is 343 g/mol. The van der Waals surface area contributed by atoms with E-state index in [9.17, 15) is 4.79 Å².